The molecule has 0 spiro atoms. The highest BCUT2D eigenvalue weighted by molar-refractivity contribution is 5.77. The molecule has 2 atom stereocenters. The van der Waals surface area contributed by atoms with Gasteiger partial charge < -0.3 is 15.1 Å². The van der Waals surface area contributed by atoms with E-state index in [0.29, 0.717) is 31.8 Å². The number of piperidine rings is 1. The molecule has 0 amide bonds. The molecule has 1 saturated carbocycles. The lowest BCUT2D eigenvalue weighted by molar-refractivity contribution is -0.158. The average molecular weight is 304 g/mol. The first-order valence-corrected chi connectivity index (χ1v) is 8.02. The van der Waals surface area contributed by atoms with E-state index in [1.54, 1.807) is 0 Å². The van der Waals surface area contributed by atoms with Crippen molar-refractivity contribution < 1.29 is 15.0 Å². The van der Waals surface area contributed by atoms with Crippen LogP contribution in [0.5, 0.6) is 0 Å². The number of aliphatic hydroxyl groups excluding tert-OH is 1. The summed E-state index contributed by atoms with van der Waals surface area (Å²) >= 11 is 0. The molecule has 1 aliphatic heterocycles. The summed E-state index contributed by atoms with van der Waals surface area (Å²) < 4.78 is 0. The minimum atomic E-state index is -1.06. The number of pyridine rings is 1. The number of rotatable bonds is 4. The van der Waals surface area contributed by atoms with Crippen LogP contribution in [0, 0.1) is 25.2 Å². The summed E-state index contributed by atoms with van der Waals surface area (Å²) in [6.07, 6.45) is 2.46. The smallest absolute Gasteiger partial charge is 0.314 e. The summed E-state index contributed by atoms with van der Waals surface area (Å²) in [6.45, 7) is 4.96. The number of nitrogens with zero attached hydrogens (tertiary/aromatic N) is 2. The highest BCUT2D eigenvalue weighted by atomic mass is 16.4. The molecule has 2 N–H and O–H groups in total. The normalized spacial score (nSPS) is 28.7. The summed E-state index contributed by atoms with van der Waals surface area (Å²) in [5.41, 5.74) is 1.000. The highest BCUT2D eigenvalue weighted by Gasteiger charge is 2.51. The van der Waals surface area contributed by atoms with Gasteiger partial charge in [0.2, 0.25) is 0 Å². The van der Waals surface area contributed by atoms with Gasteiger partial charge in [0.1, 0.15) is 11.2 Å². The van der Waals surface area contributed by atoms with Crippen LogP contribution in [0.4, 0.5) is 5.82 Å². The third kappa shape index (κ3) is 2.82. The lowest BCUT2D eigenvalue weighted by Crippen LogP contribution is -2.56. The fraction of sp³-hybridized carbons (Fsp3) is 0.647. The molecule has 2 fully saturated rings. The average Bonchev–Trinajstić information content (AvgIpc) is 3.23. The Morgan fingerprint density at radius 2 is 2.09 bits per heavy atom. The molecule has 5 nitrogen and oxygen atoms in total. The zero-order chi connectivity index (χ0) is 15.9. The third-order valence-corrected chi connectivity index (χ3v) is 4.97. The van der Waals surface area contributed by atoms with E-state index in [4.69, 9.17) is 0 Å². The maximum absolute atomic E-state index is 12.0. The fourth-order valence-electron chi connectivity index (χ4n) is 3.59. The standard InChI is InChI=1S/C17H24N2O3/c1-11-7-12(2)18-15(8-11)19-6-5-14(20)17(10-19,16(21)22)9-13-3-4-13/h7-8,13-14,20H,3-6,9-10H2,1-2H3,(H,21,22)/t14-,17-/m0/s1. The van der Waals surface area contributed by atoms with Gasteiger partial charge >= 0.3 is 5.97 Å². The van der Waals surface area contributed by atoms with Crippen LogP contribution < -0.4 is 4.90 Å². The molecule has 1 saturated heterocycles. The second-order valence-corrected chi connectivity index (χ2v) is 6.98. The van der Waals surface area contributed by atoms with E-state index in [9.17, 15) is 15.0 Å². The molecule has 5 heteroatoms. The molecule has 0 unspecified atom stereocenters. The lowest BCUT2D eigenvalue weighted by atomic mass is 9.73. The minimum absolute atomic E-state index is 0.343. The first-order chi connectivity index (χ1) is 10.4. The number of aromatic nitrogens is 1. The number of aryl methyl sites for hydroxylation is 2. The zero-order valence-electron chi connectivity index (χ0n) is 13.2. The Kier molecular flexibility index (Phi) is 3.85. The Morgan fingerprint density at radius 3 is 2.68 bits per heavy atom. The Bertz CT molecular complexity index is 565. The van der Waals surface area contributed by atoms with Crippen LogP contribution in [0.1, 0.15) is 36.9 Å². The van der Waals surface area contributed by atoms with Gasteiger partial charge in [-0.1, -0.05) is 12.8 Å². The Balaban J connectivity index is 1.89. The van der Waals surface area contributed by atoms with E-state index in [2.05, 4.69) is 4.98 Å². The summed E-state index contributed by atoms with van der Waals surface area (Å²) in [5.74, 6) is 0.407. The molecule has 2 heterocycles. The predicted octanol–water partition coefficient (Wildman–Crippen LogP) is 2.14. The Hall–Kier alpha value is -1.62. The van der Waals surface area contributed by atoms with Crippen molar-refractivity contribution in [3.05, 3.63) is 23.4 Å². The monoisotopic (exact) mass is 304 g/mol. The topological polar surface area (TPSA) is 73.7 Å². The van der Waals surface area contributed by atoms with Crippen LogP contribution in [-0.2, 0) is 4.79 Å². The second-order valence-electron chi connectivity index (χ2n) is 6.98. The quantitative estimate of drug-likeness (QED) is 0.891. The van der Waals surface area contributed by atoms with Gasteiger partial charge in [0.15, 0.2) is 0 Å². The number of carboxylic acid groups (broad SMARTS) is 1. The molecule has 1 aliphatic carbocycles. The van der Waals surface area contributed by atoms with Crippen molar-refractivity contribution in [2.24, 2.45) is 11.3 Å². The maximum Gasteiger partial charge on any atom is 0.314 e. The first-order valence-electron chi connectivity index (χ1n) is 8.02. The van der Waals surface area contributed by atoms with E-state index >= 15 is 0 Å². The van der Waals surface area contributed by atoms with Gasteiger partial charge in [0.25, 0.3) is 0 Å². The lowest BCUT2D eigenvalue weighted by Gasteiger charge is -2.44. The van der Waals surface area contributed by atoms with Crippen molar-refractivity contribution in [3.63, 3.8) is 0 Å². The number of aliphatic carboxylic acids is 1. The van der Waals surface area contributed by atoms with Crippen molar-refractivity contribution in [2.75, 3.05) is 18.0 Å². The summed E-state index contributed by atoms with van der Waals surface area (Å²) in [7, 11) is 0. The molecule has 1 aromatic rings. The van der Waals surface area contributed by atoms with E-state index in [1.165, 1.54) is 0 Å². The number of carboxylic acids is 1. The first kappa shape index (κ1) is 15.3. The van der Waals surface area contributed by atoms with Crippen molar-refractivity contribution in [1.29, 1.82) is 0 Å². The Morgan fingerprint density at radius 1 is 1.36 bits per heavy atom. The second kappa shape index (κ2) is 5.54. The number of hydrogen-bond donors (Lipinski definition) is 2. The molecule has 1 aromatic heterocycles. The fourth-order valence-corrected chi connectivity index (χ4v) is 3.59. The van der Waals surface area contributed by atoms with Gasteiger partial charge in [0, 0.05) is 18.8 Å². The minimum Gasteiger partial charge on any atom is -0.481 e. The van der Waals surface area contributed by atoms with E-state index in [-0.39, 0.29) is 0 Å². The number of hydrogen-bond acceptors (Lipinski definition) is 4. The molecule has 22 heavy (non-hydrogen) atoms. The molecule has 0 radical (unpaired) electrons. The molecule has 120 valence electrons. The third-order valence-electron chi connectivity index (χ3n) is 4.97. The summed E-state index contributed by atoms with van der Waals surface area (Å²) in [6, 6.07) is 4.01. The molecule has 0 aromatic carbocycles. The van der Waals surface area contributed by atoms with Crippen LogP contribution in [0.25, 0.3) is 0 Å². The van der Waals surface area contributed by atoms with Gasteiger partial charge in [0.05, 0.1) is 6.10 Å². The van der Waals surface area contributed by atoms with Crippen LogP contribution in [-0.4, -0.2) is 40.4 Å². The molecular formula is C17H24N2O3. The predicted molar refractivity (Wildman–Crippen MR) is 84.0 cm³/mol. The van der Waals surface area contributed by atoms with Crippen molar-refractivity contribution in [3.8, 4) is 0 Å². The number of aliphatic hydroxyl groups is 1. The molecular weight excluding hydrogens is 280 g/mol. The summed E-state index contributed by atoms with van der Waals surface area (Å²) in [4.78, 5) is 18.5. The van der Waals surface area contributed by atoms with Crippen LogP contribution in [0.3, 0.4) is 0 Å². The SMILES string of the molecule is Cc1cc(C)nc(N2CC[C@H](O)[C@@](CC3CC3)(C(=O)O)C2)c1. The van der Waals surface area contributed by atoms with Gasteiger partial charge in [-0.05, 0) is 50.3 Å². The van der Waals surface area contributed by atoms with Crippen molar-refractivity contribution >= 4 is 11.8 Å². The van der Waals surface area contributed by atoms with Crippen LogP contribution >= 0.6 is 0 Å². The number of anilines is 1. The molecule has 3 rings (SSSR count). The van der Waals surface area contributed by atoms with Crippen LogP contribution in [0.2, 0.25) is 0 Å². The van der Waals surface area contributed by atoms with Gasteiger partial charge in [-0.3, -0.25) is 4.79 Å². The maximum atomic E-state index is 12.0. The van der Waals surface area contributed by atoms with Gasteiger partial charge in [-0.15, -0.1) is 0 Å². The number of carbonyl (C=O) groups is 1. The van der Waals surface area contributed by atoms with Gasteiger partial charge in [-0.25, -0.2) is 4.98 Å². The molecule has 0 bridgehead atoms. The molecule has 2 aliphatic rings. The summed E-state index contributed by atoms with van der Waals surface area (Å²) in [5, 5.41) is 20.2. The largest absolute Gasteiger partial charge is 0.481 e. The van der Waals surface area contributed by atoms with E-state index in [0.717, 1.165) is 29.9 Å². The van der Waals surface area contributed by atoms with Crippen molar-refractivity contribution in [2.45, 2.75) is 45.6 Å². The Labute approximate surface area is 131 Å². The van der Waals surface area contributed by atoms with E-state index in [1.807, 2.05) is 30.9 Å². The van der Waals surface area contributed by atoms with Crippen LogP contribution in [0.15, 0.2) is 12.1 Å². The zero-order valence-corrected chi connectivity index (χ0v) is 13.2. The van der Waals surface area contributed by atoms with Crippen molar-refractivity contribution in [1.82, 2.24) is 4.98 Å². The highest BCUT2D eigenvalue weighted by Crippen LogP contribution is 2.45. The van der Waals surface area contributed by atoms with E-state index < -0.39 is 17.5 Å². The van der Waals surface area contributed by atoms with Gasteiger partial charge in [-0.2, -0.15) is 0 Å².